The van der Waals surface area contributed by atoms with Crippen LogP contribution in [-0.2, 0) is 20.3 Å². The van der Waals surface area contributed by atoms with Crippen LogP contribution in [0.1, 0.15) is 16.2 Å². The van der Waals surface area contributed by atoms with Crippen molar-refractivity contribution < 1.29 is 17.9 Å². The maximum Gasteiger partial charge on any atom is 0.340 e. The van der Waals surface area contributed by atoms with E-state index in [0.717, 1.165) is 6.26 Å². The van der Waals surface area contributed by atoms with Crippen molar-refractivity contribution in [2.24, 2.45) is 0 Å². The number of H-pyrrole nitrogens is 1. The van der Waals surface area contributed by atoms with Gasteiger partial charge in [0.05, 0.1) is 28.9 Å². The number of nitrogens with two attached hydrogens (primary N) is 1. The maximum atomic E-state index is 11.6. The lowest BCUT2D eigenvalue weighted by Crippen LogP contribution is -2.06. The second-order valence-electron chi connectivity index (χ2n) is 4.29. The van der Waals surface area contributed by atoms with Gasteiger partial charge in [0.25, 0.3) is 0 Å². The van der Waals surface area contributed by atoms with Crippen LogP contribution in [0.15, 0.2) is 6.07 Å². The minimum absolute atomic E-state index is 0.0448. The van der Waals surface area contributed by atoms with Crippen molar-refractivity contribution in [3.05, 3.63) is 22.5 Å². The molecular formula is C11H12ClN3O4S. The van der Waals surface area contributed by atoms with E-state index in [-0.39, 0.29) is 27.9 Å². The third kappa shape index (κ3) is 2.70. The van der Waals surface area contributed by atoms with Gasteiger partial charge in [0.2, 0.25) is 0 Å². The quantitative estimate of drug-likeness (QED) is 0.647. The molecule has 0 aliphatic heterocycles. The third-order valence-corrected chi connectivity index (χ3v) is 3.79. The van der Waals surface area contributed by atoms with Crippen molar-refractivity contribution in [2.75, 3.05) is 19.1 Å². The monoisotopic (exact) mass is 317 g/mol. The van der Waals surface area contributed by atoms with E-state index < -0.39 is 15.8 Å². The number of esters is 1. The number of aromatic nitrogens is 2. The lowest BCUT2D eigenvalue weighted by molar-refractivity contribution is 0.0602. The number of imidazole rings is 1. The van der Waals surface area contributed by atoms with E-state index in [1.807, 2.05) is 0 Å². The molecule has 0 bridgehead atoms. The number of nitrogens with zero attached hydrogens (tertiary/aromatic N) is 1. The number of sulfone groups is 1. The molecule has 0 aliphatic rings. The van der Waals surface area contributed by atoms with Crippen molar-refractivity contribution in [3.63, 3.8) is 0 Å². The van der Waals surface area contributed by atoms with E-state index in [0.29, 0.717) is 11.0 Å². The molecule has 1 aromatic carbocycles. The lowest BCUT2D eigenvalue weighted by Gasteiger charge is -2.05. The van der Waals surface area contributed by atoms with E-state index >= 15 is 0 Å². The molecule has 3 N–H and O–H groups in total. The normalized spacial score (nSPS) is 11.8. The highest BCUT2D eigenvalue weighted by molar-refractivity contribution is 7.89. The van der Waals surface area contributed by atoms with Crippen LogP contribution >= 0.6 is 11.6 Å². The molecule has 0 aliphatic carbocycles. The zero-order valence-corrected chi connectivity index (χ0v) is 12.3. The SMILES string of the molecule is COC(=O)c1cc2[nH]c(CS(C)(=O)=O)nc2c(Cl)c1N. The molecule has 0 saturated heterocycles. The van der Waals surface area contributed by atoms with Crippen LogP contribution in [0.3, 0.4) is 0 Å². The average molecular weight is 318 g/mol. The molecule has 0 spiro atoms. The summed E-state index contributed by atoms with van der Waals surface area (Å²) >= 11 is 6.05. The number of halogens is 1. The second-order valence-corrected chi connectivity index (χ2v) is 6.81. The van der Waals surface area contributed by atoms with E-state index in [4.69, 9.17) is 17.3 Å². The Morgan fingerprint density at radius 2 is 2.20 bits per heavy atom. The van der Waals surface area contributed by atoms with Gasteiger partial charge in [0.1, 0.15) is 17.1 Å². The fourth-order valence-corrected chi connectivity index (χ4v) is 2.65. The lowest BCUT2D eigenvalue weighted by atomic mass is 10.1. The number of ether oxygens (including phenoxy) is 1. The zero-order chi connectivity index (χ0) is 15.1. The zero-order valence-electron chi connectivity index (χ0n) is 10.7. The van der Waals surface area contributed by atoms with Gasteiger partial charge in [-0.15, -0.1) is 0 Å². The number of rotatable bonds is 3. The molecule has 108 valence electrons. The van der Waals surface area contributed by atoms with Crippen LogP contribution in [-0.4, -0.2) is 37.7 Å². The van der Waals surface area contributed by atoms with Crippen molar-refractivity contribution in [2.45, 2.75) is 5.75 Å². The molecule has 0 saturated carbocycles. The van der Waals surface area contributed by atoms with Crippen LogP contribution in [0.2, 0.25) is 5.02 Å². The van der Waals surface area contributed by atoms with Gasteiger partial charge >= 0.3 is 5.97 Å². The number of hydrogen-bond donors (Lipinski definition) is 2. The first-order chi connectivity index (χ1) is 9.23. The van der Waals surface area contributed by atoms with Crippen molar-refractivity contribution >= 4 is 44.1 Å². The Morgan fingerprint density at radius 3 is 2.75 bits per heavy atom. The van der Waals surface area contributed by atoms with Crippen molar-refractivity contribution in [1.29, 1.82) is 0 Å². The van der Waals surface area contributed by atoms with Crippen molar-refractivity contribution in [1.82, 2.24) is 9.97 Å². The number of carbonyl (C=O) groups is 1. The van der Waals surface area contributed by atoms with E-state index in [9.17, 15) is 13.2 Å². The predicted molar refractivity (Wildman–Crippen MR) is 75.4 cm³/mol. The standard InChI is InChI=1S/C11H12ClN3O4S/c1-19-11(16)5-3-6-10(8(12)9(5)13)15-7(14-6)4-20(2,17)18/h3H,4,13H2,1-2H3,(H,14,15). The highest BCUT2D eigenvalue weighted by Gasteiger charge is 2.19. The van der Waals surface area contributed by atoms with Crippen LogP contribution in [0, 0.1) is 0 Å². The summed E-state index contributed by atoms with van der Waals surface area (Å²) in [6, 6.07) is 1.43. The van der Waals surface area contributed by atoms with E-state index in [2.05, 4.69) is 14.7 Å². The smallest absolute Gasteiger partial charge is 0.340 e. The molecule has 1 aromatic heterocycles. The largest absolute Gasteiger partial charge is 0.465 e. The Kier molecular flexibility index (Phi) is 3.61. The molecule has 7 nitrogen and oxygen atoms in total. The minimum Gasteiger partial charge on any atom is -0.465 e. The Bertz CT molecular complexity index is 798. The number of benzene rings is 1. The third-order valence-electron chi connectivity index (χ3n) is 2.61. The molecule has 20 heavy (non-hydrogen) atoms. The van der Waals surface area contributed by atoms with E-state index in [1.165, 1.54) is 13.2 Å². The summed E-state index contributed by atoms with van der Waals surface area (Å²) in [6.45, 7) is 0. The number of nitrogens with one attached hydrogen (secondary N) is 1. The molecule has 0 amide bonds. The van der Waals surface area contributed by atoms with Crippen LogP contribution in [0.5, 0.6) is 0 Å². The summed E-state index contributed by atoms with van der Waals surface area (Å²) < 4.78 is 27.1. The van der Waals surface area contributed by atoms with Crippen LogP contribution < -0.4 is 5.73 Å². The van der Waals surface area contributed by atoms with Gasteiger partial charge in [-0.25, -0.2) is 18.2 Å². The van der Waals surface area contributed by atoms with Crippen LogP contribution in [0.25, 0.3) is 11.0 Å². The van der Waals surface area contributed by atoms with Gasteiger partial charge in [-0.3, -0.25) is 0 Å². The fraction of sp³-hybridized carbons (Fsp3) is 0.273. The minimum atomic E-state index is -3.24. The summed E-state index contributed by atoms with van der Waals surface area (Å²) in [7, 11) is -2.01. The Morgan fingerprint density at radius 1 is 1.55 bits per heavy atom. The molecule has 2 aromatic rings. The fourth-order valence-electron chi connectivity index (χ4n) is 1.77. The second kappa shape index (κ2) is 4.95. The number of fused-ring (bicyclic) bond motifs is 1. The first-order valence-electron chi connectivity index (χ1n) is 5.45. The Hall–Kier alpha value is -1.80. The molecule has 0 unspecified atom stereocenters. The number of hydrogen-bond acceptors (Lipinski definition) is 6. The van der Waals surface area contributed by atoms with Crippen molar-refractivity contribution in [3.8, 4) is 0 Å². The summed E-state index contributed by atoms with van der Waals surface area (Å²) in [6.07, 6.45) is 1.09. The molecule has 0 radical (unpaired) electrons. The topological polar surface area (TPSA) is 115 Å². The average Bonchev–Trinajstić information content (AvgIpc) is 2.73. The summed E-state index contributed by atoms with van der Waals surface area (Å²) in [5.74, 6) is -0.665. The van der Waals surface area contributed by atoms with Gasteiger partial charge in [0.15, 0.2) is 9.84 Å². The summed E-state index contributed by atoms with van der Waals surface area (Å²) in [5.41, 5.74) is 6.63. The van der Waals surface area contributed by atoms with Gasteiger partial charge in [-0.1, -0.05) is 11.6 Å². The number of aromatic amines is 1. The van der Waals surface area contributed by atoms with Gasteiger partial charge in [-0.2, -0.15) is 0 Å². The molecule has 2 rings (SSSR count). The Balaban J connectivity index is 2.63. The number of methoxy groups -OCH3 is 1. The molecule has 9 heteroatoms. The molecule has 1 heterocycles. The number of carbonyl (C=O) groups excluding carboxylic acids is 1. The van der Waals surface area contributed by atoms with E-state index in [1.54, 1.807) is 0 Å². The highest BCUT2D eigenvalue weighted by Crippen LogP contribution is 2.31. The molecular weight excluding hydrogens is 306 g/mol. The van der Waals surface area contributed by atoms with Gasteiger partial charge in [0, 0.05) is 6.26 Å². The maximum absolute atomic E-state index is 11.6. The van der Waals surface area contributed by atoms with Gasteiger partial charge < -0.3 is 15.5 Å². The predicted octanol–water partition coefficient (Wildman–Crippen LogP) is 1.13. The summed E-state index contributed by atoms with van der Waals surface area (Å²) in [4.78, 5) is 18.5. The highest BCUT2D eigenvalue weighted by atomic mass is 35.5. The molecule has 0 atom stereocenters. The number of anilines is 1. The van der Waals surface area contributed by atoms with Crippen LogP contribution in [0.4, 0.5) is 5.69 Å². The van der Waals surface area contributed by atoms with Gasteiger partial charge in [-0.05, 0) is 6.07 Å². The Labute approximate surface area is 120 Å². The number of nitrogen functional groups attached to an aromatic ring is 1. The first kappa shape index (κ1) is 14.6. The summed E-state index contributed by atoms with van der Waals surface area (Å²) in [5, 5.41) is 0.0823. The molecule has 0 fully saturated rings. The first-order valence-corrected chi connectivity index (χ1v) is 7.89.